The molecule has 134 valence electrons. The van der Waals surface area contributed by atoms with Gasteiger partial charge in [0.1, 0.15) is 24.0 Å². The Labute approximate surface area is 150 Å². The van der Waals surface area contributed by atoms with Gasteiger partial charge in [-0.05, 0) is 43.7 Å². The summed E-state index contributed by atoms with van der Waals surface area (Å²) in [5, 5.41) is 7.85. The van der Waals surface area contributed by atoms with Gasteiger partial charge in [0.25, 0.3) is 0 Å². The summed E-state index contributed by atoms with van der Waals surface area (Å²) < 4.78 is 22.0. The molecule has 0 radical (unpaired) electrons. The first kappa shape index (κ1) is 15.6. The van der Waals surface area contributed by atoms with Crippen LogP contribution < -0.4 is 10.1 Å². The highest BCUT2D eigenvalue weighted by Gasteiger charge is 2.21. The van der Waals surface area contributed by atoms with Crippen LogP contribution in [0.2, 0.25) is 0 Å². The molecule has 1 N–H and O–H groups in total. The molecule has 0 amide bonds. The number of aromatic nitrogens is 3. The summed E-state index contributed by atoms with van der Waals surface area (Å²) >= 11 is 0. The molecule has 0 saturated carbocycles. The first-order valence-corrected chi connectivity index (χ1v) is 9.02. The van der Waals surface area contributed by atoms with Gasteiger partial charge in [0.05, 0.1) is 6.20 Å². The van der Waals surface area contributed by atoms with Crippen molar-refractivity contribution in [1.82, 2.24) is 19.5 Å². The first-order chi connectivity index (χ1) is 12.8. The van der Waals surface area contributed by atoms with E-state index in [-0.39, 0.29) is 5.82 Å². The Morgan fingerprint density at radius 1 is 1.19 bits per heavy atom. The number of anilines is 1. The zero-order valence-corrected chi connectivity index (χ0v) is 14.4. The zero-order valence-electron chi connectivity index (χ0n) is 14.4. The summed E-state index contributed by atoms with van der Waals surface area (Å²) in [5.41, 5.74) is 1.76. The number of halogens is 1. The number of hydrogen-bond donors (Lipinski definition) is 1. The minimum absolute atomic E-state index is 0.305. The lowest BCUT2D eigenvalue weighted by molar-refractivity contribution is 0.175. The van der Waals surface area contributed by atoms with Gasteiger partial charge in [-0.25, -0.2) is 13.9 Å². The van der Waals surface area contributed by atoms with Gasteiger partial charge in [0, 0.05) is 36.5 Å². The number of fused-ring (bicyclic) bond motifs is 6. The van der Waals surface area contributed by atoms with Gasteiger partial charge in [0.15, 0.2) is 5.65 Å². The van der Waals surface area contributed by atoms with Crippen LogP contribution in [0.4, 0.5) is 10.2 Å². The van der Waals surface area contributed by atoms with Crippen molar-refractivity contribution in [2.45, 2.75) is 18.9 Å². The van der Waals surface area contributed by atoms with E-state index in [1.54, 1.807) is 22.8 Å². The molecule has 0 spiro atoms. The smallest absolute Gasteiger partial charge is 0.165 e. The van der Waals surface area contributed by atoms with Crippen LogP contribution >= 0.6 is 0 Å². The van der Waals surface area contributed by atoms with E-state index in [1.807, 2.05) is 12.3 Å². The highest BCUT2D eigenvalue weighted by atomic mass is 19.1. The molecule has 6 bridgehead atoms. The van der Waals surface area contributed by atoms with Gasteiger partial charge in [-0.2, -0.15) is 5.10 Å². The van der Waals surface area contributed by atoms with Gasteiger partial charge in [0.2, 0.25) is 0 Å². The van der Waals surface area contributed by atoms with Gasteiger partial charge >= 0.3 is 0 Å². The van der Waals surface area contributed by atoms with Gasteiger partial charge in [-0.3, -0.25) is 4.90 Å². The molecule has 4 heterocycles. The molecule has 7 heteroatoms. The lowest BCUT2D eigenvalue weighted by Gasteiger charge is -2.33. The zero-order chi connectivity index (χ0) is 17.5. The number of hydrogen-bond acceptors (Lipinski definition) is 5. The van der Waals surface area contributed by atoms with E-state index < -0.39 is 0 Å². The molecule has 6 nitrogen and oxygen atoms in total. The van der Waals surface area contributed by atoms with Crippen molar-refractivity contribution in [2.75, 3.05) is 31.6 Å². The van der Waals surface area contributed by atoms with E-state index in [0.717, 1.165) is 38.3 Å². The van der Waals surface area contributed by atoms with Crippen LogP contribution in [0, 0.1) is 5.82 Å². The number of nitrogens with one attached hydrogen (secondary N) is 1. The molecule has 2 aromatic heterocycles. The summed E-state index contributed by atoms with van der Waals surface area (Å²) in [5.74, 6) is 1.16. The highest BCUT2D eigenvalue weighted by molar-refractivity contribution is 5.78. The number of piperidine rings is 1. The molecule has 0 aliphatic carbocycles. The second-order valence-electron chi connectivity index (χ2n) is 6.91. The van der Waals surface area contributed by atoms with E-state index in [1.165, 1.54) is 6.07 Å². The van der Waals surface area contributed by atoms with E-state index in [2.05, 4.69) is 15.3 Å². The summed E-state index contributed by atoms with van der Waals surface area (Å²) in [6.45, 7) is 3.49. The summed E-state index contributed by atoms with van der Waals surface area (Å²) in [4.78, 5) is 7.11. The molecule has 3 aromatic rings. The fourth-order valence-electron chi connectivity index (χ4n) is 3.82. The molecule has 5 rings (SSSR count). The summed E-state index contributed by atoms with van der Waals surface area (Å²) in [6, 6.07) is 7.13. The first-order valence-electron chi connectivity index (χ1n) is 9.02. The third-order valence-electron chi connectivity index (χ3n) is 5.13. The fourth-order valence-corrected chi connectivity index (χ4v) is 3.82. The third kappa shape index (κ3) is 2.78. The van der Waals surface area contributed by atoms with Crippen molar-refractivity contribution < 1.29 is 9.13 Å². The van der Waals surface area contributed by atoms with E-state index in [0.29, 0.717) is 35.2 Å². The third-order valence-corrected chi connectivity index (χ3v) is 5.13. The molecule has 2 aliphatic rings. The van der Waals surface area contributed by atoms with E-state index >= 15 is 0 Å². The number of ether oxygens (including phenoxy) is 1. The SMILES string of the molecule is Fc1ccc2cc1-c1cnn3ccc(nc13)N[C@H]1CCCN(CCO2)C1. The number of rotatable bonds is 0. The monoisotopic (exact) mass is 353 g/mol. The molecule has 26 heavy (non-hydrogen) atoms. The maximum atomic E-state index is 14.5. The molecule has 2 atom stereocenters. The van der Waals surface area contributed by atoms with Crippen LogP contribution in [0.25, 0.3) is 16.8 Å². The second-order valence-corrected chi connectivity index (χ2v) is 6.91. The Balaban J connectivity index is 1.64. The van der Waals surface area contributed by atoms with Gasteiger partial charge < -0.3 is 10.1 Å². The maximum absolute atomic E-state index is 14.5. The normalized spacial score (nSPS) is 22.5. The van der Waals surface area contributed by atoms with Crippen molar-refractivity contribution >= 4 is 11.5 Å². The Morgan fingerprint density at radius 2 is 2.15 bits per heavy atom. The van der Waals surface area contributed by atoms with Gasteiger partial charge in [-0.15, -0.1) is 0 Å². The average molecular weight is 353 g/mol. The Hall–Kier alpha value is -2.67. The minimum Gasteiger partial charge on any atom is -0.492 e. The standard InChI is InChI=1S/C19H20FN5O/c20-17-4-3-14-10-15(17)16-11-21-25-7-5-18(23-19(16)25)22-13-2-1-6-24(12-13)8-9-26-14/h3-5,7,10-11,13H,1-2,6,8-9,12H2,(H,22,23)/t13-/m0/s1. The fraction of sp³-hybridized carbons (Fsp3) is 0.368. The predicted molar refractivity (Wildman–Crippen MR) is 97.0 cm³/mol. The van der Waals surface area contributed by atoms with Crippen molar-refractivity contribution in [1.29, 1.82) is 0 Å². The molecule has 1 saturated heterocycles. The highest BCUT2D eigenvalue weighted by Crippen LogP contribution is 2.30. The van der Waals surface area contributed by atoms with E-state index in [9.17, 15) is 4.39 Å². The molecular formula is C19H20FN5O. The van der Waals surface area contributed by atoms with Crippen molar-refractivity contribution in [2.24, 2.45) is 0 Å². The van der Waals surface area contributed by atoms with Crippen molar-refractivity contribution in [3.8, 4) is 16.9 Å². The van der Waals surface area contributed by atoms with Crippen LogP contribution in [0.15, 0.2) is 36.7 Å². The van der Waals surface area contributed by atoms with Crippen LogP contribution in [0.5, 0.6) is 5.75 Å². The van der Waals surface area contributed by atoms with Crippen molar-refractivity contribution in [3.05, 3.63) is 42.5 Å². The average Bonchev–Trinajstić information content (AvgIpc) is 3.06. The largest absolute Gasteiger partial charge is 0.492 e. The summed E-state index contributed by atoms with van der Waals surface area (Å²) in [6.07, 6.45) is 5.78. The van der Waals surface area contributed by atoms with Gasteiger partial charge in [-0.1, -0.05) is 0 Å². The number of nitrogens with zero attached hydrogens (tertiary/aromatic N) is 4. The Bertz CT molecular complexity index is 956. The lowest BCUT2D eigenvalue weighted by atomic mass is 10.1. The minimum atomic E-state index is -0.305. The molecule has 1 fully saturated rings. The predicted octanol–water partition coefficient (Wildman–Crippen LogP) is 2.80. The Morgan fingerprint density at radius 3 is 3.12 bits per heavy atom. The summed E-state index contributed by atoms with van der Waals surface area (Å²) in [7, 11) is 0. The van der Waals surface area contributed by atoms with Crippen LogP contribution in [0.1, 0.15) is 12.8 Å². The number of benzene rings is 1. The molecule has 1 unspecified atom stereocenters. The molecule has 1 aromatic carbocycles. The topological polar surface area (TPSA) is 54.7 Å². The maximum Gasteiger partial charge on any atom is 0.165 e. The van der Waals surface area contributed by atoms with E-state index in [4.69, 9.17) is 9.72 Å². The quantitative estimate of drug-likeness (QED) is 0.674. The second kappa shape index (κ2) is 6.25. The van der Waals surface area contributed by atoms with Crippen LogP contribution in [-0.2, 0) is 0 Å². The van der Waals surface area contributed by atoms with Crippen LogP contribution in [0.3, 0.4) is 0 Å². The molecular weight excluding hydrogens is 333 g/mol. The van der Waals surface area contributed by atoms with Crippen molar-refractivity contribution in [3.63, 3.8) is 0 Å². The molecule has 2 aliphatic heterocycles. The van der Waals surface area contributed by atoms with Crippen LogP contribution in [-0.4, -0.2) is 51.8 Å². The Kier molecular flexibility index (Phi) is 3.74. The lowest BCUT2D eigenvalue weighted by Crippen LogP contribution is -2.43.